The highest BCUT2D eigenvalue weighted by Gasteiger charge is 2.52. The first-order valence-corrected chi connectivity index (χ1v) is 19.9. The zero-order chi connectivity index (χ0) is 40.8. The van der Waals surface area contributed by atoms with Gasteiger partial charge in [0.25, 0.3) is 0 Å². The third-order valence-electron chi connectivity index (χ3n) is 12.7. The number of amides is 1. The van der Waals surface area contributed by atoms with Gasteiger partial charge in [0, 0.05) is 37.4 Å². The van der Waals surface area contributed by atoms with Crippen molar-refractivity contribution in [1.29, 1.82) is 0 Å². The zero-order valence-corrected chi connectivity index (χ0v) is 32.5. The van der Waals surface area contributed by atoms with Gasteiger partial charge in [0.15, 0.2) is 5.82 Å². The van der Waals surface area contributed by atoms with E-state index in [0.29, 0.717) is 30.3 Å². The normalized spacial score (nSPS) is 25.5. The predicted octanol–water partition coefficient (Wildman–Crippen LogP) is 7.92. The molecule has 4 saturated heterocycles. The number of aromatic nitrogens is 2. The summed E-state index contributed by atoms with van der Waals surface area (Å²) in [4.78, 5) is 41.2. The maximum Gasteiger partial charge on any atom is 0.413 e. The number of hydrogen-bond acceptors (Lipinski definition) is 9. The van der Waals surface area contributed by atoms with E-state index in [1.807, 2.05) is 4.90 Å². The van der Waals surface area contributed by atoms with Crippen LogP contribution in [0.1, 0.15) is 70.4 Å². The topological polar surface area (TPSA) is 97.3 Å². The molecule has 0 aliphatic carbocycles. The second kappa shape index (κ2) is 14.1. The lowest BCUT2D eigenvalue weighted by Crippen LogP contribution is -2.61. The highest BCUT2D eigenvalue weighted by molar-refractivity contribution is 6.07. The third kappa shape index (κ3) is 5.95. The van der Waals surface area contributed by atoms with Crippen LogP contribution in [0.15, 0.2) is 36.9 Å². The van der Waals surface area contributed by atoms with Crippen LogP contribution in [0.4, 0.5) is 28.2 Å². The van der Waals surface area contributed by atoms with Crippen molar-refractivity contribution < 1.29 is 41.4 Å². The van der Waals surface area contributed by atoms with E-state index in [-0.39, 0.29) is 76.8 Å². The smallest absolute Gasteiger partial charge is 0.413 e. The average molecular weight is 798 g/mol. The minimum absolute atomic E-state index is 0.00569. The molecule has 14 heteroatoms. The summed E-state index contributed by atoms with van der Waals surface area (Å²) in [7, 11) is 0. The molecule has 0 N–H and O–H groups in total. The minimum Gasteiger partial charge on any atom is -0.461 e. The number of carbonyl (C=O) groups excluding carboxylic acids is 2. The van der Waals surface area contributed by atoms with Crippen molar-refractivity contribution >= 4 is 45.1 Å². The molecule has 2 bridgehead atoms. The molecule has 4 aromatic rings. The van der Waals surface area contributed by atoms with Crippen molar-refractivity contribution in [1.82, 2.24) is 19.8 Å². The van der Waals surface area contributed by atoms with Crippen molar-refractivity contribution in [3.8, 4) is 29.5 Å². The largest absolute Gasteiger partial charge is 0.461 e. The van der Waals surface area contributed by atoms with E-state index < -0.39 is 71.1 Å². The van der Waals surface area contributed by atoms with Crippen LogP contribution in [-0.4, -0.2) is 94.2 Å². The van der Waals surface area contributed by atoms with Crippen molar-refractivity contribution in [2.24, 2.45) is 5.92 Å². The number of esters is 1. The molecule has 302 valence electrons. The molecule has 5 aliphatic heterocycles. The molecule has 0 radical (unpaired) electrons. The first-order chi connectivity index (χ1) is 27.8. The summed E-state index contributed by atoms with van der Waals surface area (Å²) in [6.07, 6.45) is 6.20. The Morgan fingerprint density at radius 3 is 2.60 bits per heavy atom. The molecule has 58 heavy (non-hydrogen) atoms. The number of rotatable bonds is 7. The maximum absolute atomic E-state index is 17.6. The van der Waals surface area contributed by atoms with Gasteiger partial charge in [0.05, 0.1) is 46.1 Å². The number of carbonyl (C=O) groups is 2. The first-order valence-electron chi connectivity index (χ1n) is 19.9. The molecule has 1 amide bonds. The summed E-state index contributed by atoms with van der Waals surface area (Å²) in [5, 5.41) is 0.746. The quantitative estimate of drug-likeness (QED) is 0.0800. The van der Waals surface area contributed by atoms with Gasteiger partial charge in [-0.05, 0) is 61.2 Å². The number of anilines is 1. The van der Waals surface area contributed by atoms with Gasteiger partial charge < -0.3 is 19.1 Å². The van der Waals surface area contributed by atoms with Crippen LogP contribution in [-0.2, 0) is 14.3 Å². The molecule has 1 unspecified atom stereocenters. The Morgan fingerprint density at radius 1 is 1.02 bits per heavy atom. The number of nitrogens with zero attached hydrogens (tertiary/aromatic N) is 5. The van der Waals surface area contributed by atoms with E-state index in [2.05, 4.69) is 22.4 Å². The van der Waals surface area contributed by atoms with Gasteiger partial charge in [-0.3, -0.25) is 14.6 Å². The van der Waals surface area contributed by atoms with E-state index in [1.165, 1.54) is 25.1 Å². The summed E-state index contributed by atoms with van der Waals surface area (Å²) < 4.78 is 82.3. The van der Waals surface area contributed by atoms with E-state index in [4.69, 9.17) is 25.6 Å². The summed E-state index contributed by atoms with van der Waals surface area (Å²) in [5.74, 6) is -1.00. The number of piperazine rings is 1. The average Bonchev–Trinajstić information content (AvgIpc) is 3.80. The van der Waals surface area contributed by atoms with Gasteiger partial charge in [-0.15, -0.1) is 6.42 Å². The predicted molar refractivity (Wildman–Crippen MR) is 209 cm³/mol. The fourth-order valence-corrected chi connectivity index (χ4v) is 10.2. The fourth-order valence-electron chi connectivity index (χ4n) is 10.2. The van der Waals surface area contributed by atoms with E-state index >= 15 is 13.2 Å². The second-order valence-corrected chi connectivity index (χ2v) is 16.5. The lowest BCUT2D eigenvalue weighted by atomic mass is 9.88. The third-order valence-corrected chi connectivity index (χ3v) is 12.7. The van der Waals surface area contributed by atoms with Crippen molar-refractivity contribution in [2.45, 2.75) is 95.4 Å². The van der Waals surface area contributed by atoms with Gasteiger partial charge in [-0.1, -0.05) is 50.6 Å². The van der Waals surface area contributed by atoms with Crippen molar-refractivity contribution in [2.75, 3.05) is 31.1 Å². The van der Waals surface area contributed by atoms with Crippen LogP contribution < -0.4 is 9.64 Å². The lowest BCUT2D eigenvalue weighted by molar-refractivity contribution is -0.170. The van der Waals surface area contributed by atoms with Gasteiger partial charge >= 0.3 is 18.1 Å². The molecular weight excluding hydrogens is 755 g/mol. The van der Waals surface area contributed by atoms with Gasteiger partial charge in [-0.25, -0.2) is 22.4 Å². The van der Waals surface area contributed by atoms with Crippen LogP contribution in [0.5, 0.6) is 6.01 Å². The lowest BCUT2D eigenvalue weighted by Gasteiger charge is -2.46. The number of halogens is 4. The Morgan fingerprint density at radius 2 is 1.83 bits per heavy atom. The summed E-state index contributed by atoms with van der Waals surface area (Å²) in [5.41, 5.74) is -1.04. The van der Waals surface area contributed by atoms with Crippen molar-refractivity contribution in [3.63, 3.8) is 0 Å². The molecule has 0 spiro atoms. The fraction of sp³-hybridized carbons (Fsp3) is 0.455. The number of fused-ring (bicyclic) bond motifs is 7. The van der Waals surface area contributed by atoms with E-state index in [0.717, 1.165) is 19.4 Å². The minimum atomic E-state index is -1.13. The number of alkyl halides is 1. The standard InChI is InChI=1S/C44H43F4N5O5/c1-6-28-30(46)13-11-25-9-7-10-29(34(25)28)35-37(47)33-23(4)17-32-31-14-12-27(53(31)43(55)58-24(5)57-41(54)22(2)3)20-52(32)40-36(33)39(38(35)48)49-42(50-40)56-21-44-15-8-16-51(44)19-26(45)18-44/h1,7,9-11,13,22,24,26-27,31-32H,4,8,12,14-21H2,2-3,5H3/t24?,26-,27-,31+,32-,44+/m1/s1. The first kappa shape index (κ1) is 38.1. The van der Waals surface area contributed by atoms with Crippen LogP contribution in [0, 0.1) is 35.7 Å². The van der Waals surface area contributed by atoms with Gasteiger partial charge in [-0.2, -0.15) is 9.97 Å². The molecule has 9 rings (SSSR count). The second-order valence-electron chi connectivity index (χ2n) is 16.5. The number of ether oxygens (including phenoxy) is 3. The monoisotopic (exact) mass is 797 g/mol. The SMILES string of the molecule is C#Cc1c(F)ccc2cccc(-c3c(F)c4c5c(nc(OC[C@@]67CCCN6C[C@H](F)C7)nc5c3F)N3C[C@H]5CC[C@@H]([C@H]3CC4=C)N5C(=O)OC(C)OC(=O)C(C)C)c12. The Labute approximate surface area is 333 Å². The molecule has 6 heterocycles. The van der Waals surface area contributed by atoms with Gasteiger partial charge in [0.2, 0.25) is 6.29 Å². The molecule has 10 nitrogen and oxygen atoms in total. The van der Waals surface area contributed by atoms with Crippen LogP contribution in [0.3, 0.4) is 0 Å². The summed E-state index contributed by atoms with van der Waals surface area (Å²) >= 11 is 0. The molecule has 4 fully saturated rings. The number of benzene rings is 3. The Hall–Kier alpha value is -5.42. The van der Waals surface area contributed by atoms with Crippen LogP contribution in [0.25, 0.3) is 38.4 Å². The van der Waals surface area contributed by atoms with Crippen LogP contribution >= 0.6 is 0 Å². The molecular formula is C44H43F4N5O5. The van der Waals surface area contributed by atoms with Gasteiger partial charge in [0.1, 0.15) is 35.7 Å². The molecule has 1 aromatic heterocycles. The van der Waals surface area contributed by atoms with Crippen LogP contribution in [0.2, 0.25) is 0 Å². The Kier molecular flexibility index (Phi) is 9.30. The Balaban J connectivity index is 1.18. The highest BCUT2D eigenvalue weighted by atomic mass is 19.1. The van der Waals surface area contributed by atoms with E-state index in [1.54, 1.807) is 30.9 Å². The molecule has 0 saturated carbocycles. The Bertz CT molecular complexity index is 2460. The van der Waals surface area contributed by atoms with Crippen molar-refractivity contribution in [3.05, 3.63) is 65.5 Å². The maximum atomic E-state index is 17.6. The number of terminal acetylenes is 1. The summed E-state index contributed by atoms with van der Waals surface area (Å²) in [6, 6.07) is 6.01. The highest BCUT2D eigenvalue weighted by Crippen LogP contribution is 2.50. The number of hydrogen-bond donors (Lipinski definition) is 0. The molecule has 5 aliphatic rings. The summed E-state index contributed by atoms with van der Waals surface area (Å²) in [6.45, 7) is 10.5. The van der Waals surface area contributed by atoms with E-state index in [9.17, 15) is 14.0 Å². The zero-order valence-electron chi connectivity index (χ0n) is 32.5. The molecule has 3 aromatic carbocycles. The molecule has 6 atom stereocenters.